The topological polar surface area (TPSA) is 60.5 Å². The molecule has 1 saturated heterocycles. The van der Waals surface area contributed by atoms with E-state index in [0.717, 1.165) is 43.9 Å². The Morgan fingerprint density at radius 2 is 2.00 bits per heavy atom. The Morgan fingerprint density at radius 1 is 1.20 bits per heavy atom. The molecule has 0 unspecified atom stereocenters. The number of benzene rings is 1. The Kier molecular flexibility index (Phi) is 5.63. The van der Waals surface area contributed by atoms with Crippen LogP contribution in [0.2, 0.25) is 0 Å². The van der Waals surface area contributed by atoms with Crippen molar-refractivity contribution in [2.24, 2.45) is 10.9 Å². The molecule has 2 fully saturated rings. The van der Waals surface area contributed by atoms with E-state index in [4.69, 9.17) is 4.99 Å². The number of carbonyl (C=O) groups excluding carboxylic acids is 1. The summed E-state index contributed by atoms with van der Waals surface area (Å²) in [7, 11) is 0. The van der Waals surface area contributed by atoms with E-state index in [1.807, 2.05) is 18.1 Å². The molecule has 2 aliphatic heterocycles. The number of hydrogen-bond acceptors (Lipinski definition) is 4. The van der Waals surface area contributed by atoms with Gasteiger partial charge in [-0.05, 0) is 73.7 Å². The van der Waals surface area contributed by atoms with Gasteiger partial charge in [-0.25, -0.2) is 0 Å². The average molecular weight is 425 g/mol. The third-order valence-corrected chi connectivity index (χ3v) is 8.31. The molecule has 0 radical (unpaired) electrons. The highest BCUT2D eigenvalue weighted by Crippen LogP contribution is 2.35. The van der Waals surface area contributed by atoms with Gasteiger partial charge in [0.15, 0.2) is 0 Å². The lowest BCUT2D eigenvalue weighted by atomic mass is 9.88. The molecule has 30 heavy (non-hydrogen) atoms. The van der Waals surface area contributed by atoms with Crippen molar-refractivity contribution >= 4 is 34.6 Å². The van der Waals surface area contributed by atoms with Gasteiger partial charge < -0.3 is 10.3 Å². The first kappa shape index (κ1) is 20.1. The van der Waals surface area contributed by atoms with Crippen molar-refractivity contribution in [1.29, 1.82) is 0 Å². The molecule has 0 bridgehead atoms. The molecule has 1 aliphatic carbocycles. The van der Waals surface area contributed by atoms with Crippen LogP contribution >= 0.6 is 11.9 Å². The summed E-state index contributed by atoms with van der Waals surface area (Å²) in [6.45, 7) is 4.08. The summed E-state index contributed by atoms with van der Waals surface area (Å²) in [5.74, 6) is 2.71. The summed E-state index contributed by atoms with van der Waals surface area (Å²) < 4.78 is 2.44. The molecule has 1 amide bonds. The monoisotopic (exact) mass is 424 g/mol. The number of rotatable bonds is 5. The van der Waals surface area contributed by atoms with Crippen molar-refractivity contribution in [3.8, 4) is 0 Å². The van der Waals surface area contributed by atoms with E-state index in [0.29, 0.717) is 5.92 Å². The lowest BCUT2D eigenvalue weighted by Crippen LogP contribution is -2.47. The van der Waals surface area contributed by atoms with Crippen LogP contribution in [0.15, 0.2) is 29.4 Å². The van der Waals surface area contributed by atoms with E-state index >= 15 is 0 Å². The van der Waals surface area contributed by atoms with Gasteiger partial charge in [-0.15, -0.1) is 0 Å². The molecule has 2 aromatic rings. The quantitative estimate of drug-likeness (QED) is 0.689. The maximum absolute atomic E-state index is 12.8. The fourth-order valence-corrected chi connectivity index (χ4v) is 6.26. The van der Waals surface area contributed by atoms with Gasteiger partial charge in [-0.3, -0.25) is 14.1 Å². The number of aromatic nitrogens is 1. The second kappa shape index (κ2) is 8.39. The molecule has 5 rings (SSSR count). The zero-order valence-corrected chi connectivity index (χ0v) is 18.7. The molecule has 6 heteroatoms. The van der Waals surface area contributed by atoms with Gasteiger partial charge in [0.1, 0.15) is 11.4 Å². The maximum atomic E-state index is 12.8. The van der Waals surface area contributed by atoms with Crippen LogP contribution in [0.3, 0.4) is 0 Å². The number of aliphatic imine (C=N–C) groups is 1. The molecule has 1 aromatic carbocycles. The van der Waals surface area contributed by atoms with Crippen LogP contribution in [0.4, 0.5) is 0 Å². The number of amidine groups is 1. The largest absolute Gasteiger partial charge is 0.361 e. The summed E-state index contributed by atoms with van der Waals surface area (Å²) in [5.41, 5.74) is 3.52. The van der Waals surface area contributed by atoms with Gasteiger partial charge in [0.25, 0.3) is 5.91 Å². The van der Waals surface area contributed by atoms with Crippen molar-refractivity contribution in [2.75, 3.05) is 18.8 Å². The number of hydrogen-bond donors (Lipinski definition) is 2. The molecule has 1 spiro atoms. The molecule has 3 heterocycles. The van der Waals surface area contributed by atoms with Crippen LogP contribution in [-0.2, 0) is 11.2 Å². The molecule has 1 saturated carbocycles. The molecule has 2 N–H and O–H groups in total. The Balaban J connectivity index is 1.14. The fourth-order valence-electron chi connectivity index (χ4n) is 5.25. The average Bonchev–Trinajstić information content (AvgIpc) is 3.34. The first-order valence-electron chi connectivity index (χ1n) is 11.5. The molecule has 160 valence electrons. The van der Waals surface area contributed by atoms with Crippen LogP contribution in [0.25, 0.3) is 10.9 Å². The SMILES string of the molecule is Cc1cc2[nH]ccc2cc1CCSN1CCC2(CC1)N=C(C1CCCCC1)NC2=O. The van der Waals surface area contributed by atoms with Crippen LogP contribution in [0.1, 0.15) is 56.1 Å². The van der Waals surface area contributed by atoms with E-state index in [-0.39, 0.29) is 5.91 Å². The summed E-state index contributed by atoms with van der Waals surface area (Å²) in [5, 5.41) is 4.46. The molecule has 5 nitrogen and oxygen atoms in total. The van der Waals surface area contributed by atoms with E-state index < -0.39 is 5.54 Å². The van der Waals surface area contributed by atoms with Crippen molar-refractivity contribution in [1.82, 2.24) is 14.6 Å². The van der Waals surface area contributed by atoms with Gasteiger partial charge in [-0.2, -0.15) is 0 Å². The highest BCUT2D eigenvalue weighted by molar-refractivity contribution is 7.97. The number of nitrogens with one attached hydrogen (secondary N) is 2. The number of aromatic amines is 1. The molecular weight excluding hydrogens is 392 g/mol. The van der Waals surface area contributed by atoms with Gasteiger partial charge in [-0.1, -0.05) is 31.2 Å². The number of H-pyrrole nitrogens is 1. The smallest absolute Gasteiger partial charge is 0.253 e. The highest BCUT2D eigenvalue weighted by Gasteiger charge is 2.46. The van der Waals surface area contributed by atoms with Crippen molar-refractivity contribution < 1.29 is 4.79 Å². The first-order chi connectivity index (χ1) is 14.6. The van der Waals surface area contributed by atoms with Gasteiger partial charge in [0, 0.05) is 36.5 Å². The first-order valence-corrected chi connectivity index (χ1v) is 12.4. The van der Waals surface area contributed by atoms with Crippen LogP contribution in [0.5, 0.6) is 0 Å². The Hall–Kier alpha value is -1.79. The highest BCUT2D eigenvalue weighted by atomic mass is 32.2. The standard InChI is InChI=1S/C24H32N4OS/c1-17-15-21-20(7-11-25-21)16-19(17)8-14-30-28-12-9-24(10-13-28)23(29)26-22(27-24)18-5-3-2-4-6-18/h7,11,15-16,18,25H,2-6,8-10,12-14H2,1H3,(H,26,27,29). The zero-order valence-electron chi connectivity index (χ0n) is 17.9. The lowest BCUT2D eigenvalue weighted by Gasteiger charge is -2.34. The van der Waals surface area contributed by atoms with E-state index in [9.17, 15) is 4.79 Å². The number of nitrogens with zero attached hydrogens (tertiary/aromatic N) is 2. The minimum atomic E-state index is -0.486. The fraction of sp³-hybridized carbons (Fsp3) is 0.583. The second-order valence-corrected chi connectivity index (χ2v) is 10.4. The second-order valence-electron chi connectivity index (χ2n) is 9.17. The number of aryl methyl sites for hydroxylation is 2. The van der Waals surface area contributed by atoms with E-state index in [1.165, 1.54) is 54.1 Å². The summed E-state index contributed by atoms with van der Waals surface area (Å²) in [6, 6.07) is 6.71. The third-order valence-electron chi connectivity index (χ3n) is 7.20. The van der Waals surface area contributed by atoms with Crippen molar-refractivity contribution in [2.45, 2.75) is 63.8 Å². The van der Waals surface area contributed by atoms with Crippen LogP contribution in [0, 0.1) is 12.8 Å². The Labute approximate surface area is 183 Å². The molecule has 0 atom stereocenters. The third kappa shape index (κ3) is 3.92. The van der Waals surface area contributed by atoms with Crippen LogP contribution < -0.4 is 5.32 Å². The van der Waals surface area contributed by atoms with E-state index in [2.05, 4.69) is 39.7 Å². The predicted octanol–water partition coefficient (Wildman–Crippen LogP) is 4.61. The Bertz CT molecular complexity index is 951. The summed E-state index contributed by atoms with van der Waals surface area (Å²) >= 11 is 1.93. The van der Waals surface area contributed by atoms with E-state index in [1.54, 1.807) is 0 Å². The van der Waals surface area contributed by atoms with Crippen molar-refractivity contribution in [3.63, 3.8) is 0 Å². The molecular formula is C24H32N4OS. The normalized spacial score (nSPS) is 22.6. The lowest BCUT2D eigenvalue weighted by molar-refractivity contribution is -0.124. The number of carbonyl (C=O) groups is 1. The van der Waals surface area contributed by atoms with Crippen LogP contribution in [-0.4, -0.2) is 45.4 Å². The number of amides is 1. The van der Waals surface area contributed by atoms with Gasteiger partial charge in [0.05, 0.1) is 0 Å². The minimum absolute atomic E-state index is 0.156. The van der Waals surface area contributed by atoms with Gasteiger partial charge in [0.2, 0.25) is 0 Å². The van der Waals surface area contributed by atoms with Crippen molar-refractivity contribution in [3.05, 3.63) is 35.5 Å². The summed E-state index contributed by atoms with van der Waals surface area (Å²) in [6.07, 6.45) is 11.0. The predicted molar refractivity (Wildman–Crippen MR) is 125 cm³/mol. The zero-order chi connectivity index (χ0) is 20.6. The number of fused-ring (bicyclic) bond motifs is 1. The summed E-state index contributed by atoms with van der Waals surface area (Å²) in [4.78, 5) is 21.1. The Morgan fingerprint density at radius 3 is 2.80 bits per heavy atom. The van der Waals surface area contributed by atoms with Gasteiger partial charge >= 0.3 is 0 Å². The maximum Gasteiger partial charge on any atom is 0.253 e. The minimum Gasteiger partial charge on any atom is -0.361 e. The number of piperidine rings is 1. The molecule has 1 aromatic heterocycles. The molecule has 3 aliphatic rings.